The van der Waals surface area contributed by atoms with Crippen LogP contribution in [0.15, 0.2) is 0 Å². The molecule has 13 heavy (non-hydrogen) atoms. The Bertz CT molecular complexity index is 241. The Kier molecular flexibility index (Phi) is 4.78. The summed E-state index contributed by atoms with van der Waals surface area (Å²) in [7, 11) is 0.950. The molecule has 0 rings (SSSR count). The Morgan fingerprint density at radius 3 is 2.00 bits per heavy atom. The van der Waals surface area contributed by atoms with Crippen LogP contribution in [0.1, 0.15) is 20.8 Å². The second-order valence-corrected chi connectivity index (χ2v) is 13.4. The van der Waals surface area contributed by atoms with Gasteiger partial charge in [-0.25, -0.2) is 8.51 Å². The topological polar surface area (TPSA) is 20.3 Å². The highest BCUT2D eigenvalue weighted by Gasteiger charge is 2.24. The highest BCUT2D eigenvalue weighted by atomic mass is 32.4. The average Bonchev–Trinajstić information content (AvgIpc) is 1.79. The maximum atomic E-state index is 11.9. The van der Waals surface area contributed by atoms with Crippen molar-refractivity contribution in [1.29, 1.82) is 0 Å². The lowest BCUT2D eigenvalue weighted by Gasteiger charge is -2.27. The first kappa shape index (κ1) is 13.8. The Hall–Kier alpha value is 0.760. The van der Waals surface area contributed by atoms with Gasteiger partial charge < -0.3 is 0 Å². The monoisotopic (exact) mass is 241 g/mol. The zero-order valence-corrected chi connectivity index (χ0v) is 11.9. The van der Waals surface area contributed by atoms with Gasteiger partial charge in [-0.1, -0.05) is 11.8 Å². The summed E-state index contributed by atoms with van der Waals surface area (Å²) in [6, 6.07) is -1.28. The Labute approximate surface area is 89.7 Å². The number of hydrogen-bond acceptors (Lipinski definition) is 2. The minimum Gasteiger partial charge on any atom is -0.242 e. The normalized spacial score (nSPS) is 16.2. The molecule has 0 aromatic rings. The standard InChI is InChI=1S/C8H20NOPS2/c1-8(2,3)13(10)9(4)7-11(5,6)12/h7H2,1-6H3. The minimum atomic E-state index is -1.28. The van der Waals surface area contributed by atoms with E-state index in [2.05, 4.69) is 13.3 Å². The molecule has 1 atom stereocenters. The molecule has 0 saturated heterocycles. The number of nitrogens with zero attached hydrogens (tertiary/aromatic N) is 1. The van der Waals surface area contributed by atoms with E-state index in [4.69, 9.17) is 11.8 Å². The molecule has 0 heterocycles. The first-order valence-corrected chi connectivity index (χ1v) is 9.20. The molecule has 0 aliphatic rings. The number of hydrogen-bond donors (Lipinski definition) is 0. The van der Waals surface area contributed by atoms with Gasteiger partial charge in [0.25, 0.3) is 0 Å². The summed E-state index contributed by atoms with van der Waals surface area (Å²) in [5.41, 5.74) is 0. The maximum absolute atomic E-state index is 11.9. The number of rotatable bonds is 3. The van der Waals surface area contributed by atoms with Crippen LogP contribution in [0.5, 0.6) is 0 Å². The van der Waals surface area contributed by atoms with Crippen molar-refractivity contribution in [3.63, 3.8) is 0 Å². The Balaban J connectivity index is 4.38. The molecule has 0 aromatic heterocycles. The van der Waals surface area contributed by atoms with E-state index in [1.165, 1.54) is 0 Å². The van der Waals surface area contributed by atoms with Crippen LogP contribution in [0.3, 0.4) is 0 Å². The first-order valence-electron chi connectivity index (χ1n) is 4.21. The van der Waals surface area contributed by atoms with Gasteiger partial charge in [0.05, 0.1) is 15.7 Å². The molecule has 0 bridgehead atoms. The van der Waals surface area contributed by atoms with Gasteiger partial charge in [-0.15, -0.1) is 0 Å². The zero-order chi connectivity index (χ0) is 10.9. The van der Waals surface area contributed by atoms with Gasteiger partial charge in [-0.2, -0.15) is 0 Å². The van der Waals surface area contributed by atoms with Gasteiger partial charge in [0.2, 0.25) is 0 Å². The average molecular weight is 241 g/mol. The van der Waals surface area contributed by atoms with Crippen molar-refractivity contribution in [3.05, 3.63) is 0 Å². The van der Waals surface area contributed by atoms with E-state index >= 15 is 0 Å². The fourth-order valence-electron chi connectivity index (χ4n) is 1.000. The van der Waals surface area contributed by atoms with Gasteiger partial charge >= 0.3 is 0 Å². The molecule has 0 saturated carbocycles. The van der Waals surface area contributed by atoms with Gasteiger partial charge in [-0.3, -0.25) is 0 Å². The molecule has 0 aliphatic heterocycles. The SMILES string of the molecule is CN(CP(C)(C)=S)S(=O)C(C)(C)C. The van der Waals surface area contributed by atoms with E-state index in [-0.39, 0.29) is 4.75 Å². The van der Waals surface area contributed by atoms with Crippen LogP contribution < -0.4 is 0 Å². The van der Waals surface area contributed by atoms with Gasteiger partial charge in [-0.05, 0) is 40.1 Å². The third-order valence-electron chi connectivity index (χ3n) is 1.35. The van der Waals surface area contributed by atoms with E-state index in [1.807, 2.05) is 32.1 Å². The summed E-state index contributed by atoms with van der Waals surface area (Å²) in [6.45, 7) is 10.1. The fourth-order valence-corrected chi connectivity index (χ4v) is 4.92. The Morgan fingerprint density at radius 1 is 1.38 bits per heavy atom. The molecule has 1 unspecified atom stereocenters. The minimum absolute atomic E-state index is 0.181. The lowest BCUT2D eigenvalue weighted by Crippen LogP contribution is -2.35. The van der Waals surface area contributed by atoms with Crippen molar-refractivity contribution in [2.45, 2.75) is 25.5 Å². The van der Waals surface area contributed by atoms with E-state index in [1.54, 1.807) is 0 Å². The van der Waals surface area contributed by atoms with E-state index < -0.39 is 17.0 Å². The molecule has 0 spiro atoms. The summed E-state index contributed by atoms with van der Waals surface area (Å²) in [6.07, 6.45) is 0.784. The van der Waals surface area contributed by atoms with Crippen molar-refractivity contribution in [1.82, 2.24) is 4.31 Å². The van der Waals surface area contributed by atoms with Gasteiger partial charge in [0.1, 0.15) is 0 Å². The fraction of sp³-hybridized carbons (Fsp3) is 1.00. The predicted octanol–water partition coefficient (Wildman–Crippen LogP) is 2.08. The molecule has 0 fully saturated rings. The third kappa shape index (κ3) is 5.95. The van der Waals surface area contributed by atoms with Crippen LogP contribution in [0.2, 0.25) is 0 Å². The maximum Gasteiger partial charge on any atom is 0.0998 e. The summed E-state index contributed by atoms with van der Waals surface area (Å²) in [5, 5.41) is 0. The lowest BCUT2D eigenvalue weighted by atomic mass is 10.3. The van der Waals surface area contributed by atoms with Crippen LogP contribution >= 0.6 is 6.04 Å². The summed E-state index contributed by atoms with van der Waals surface area (Å²) in [5.74, 6) is 0. The molecule has 0 radical (unpaired) electrons. The molecular formula is C8H20NOPS2. The molecular weight excluding hydrogens is 221 g/mol. The quantitative estimate of drug-likeness (QED) is 0.705. The summed E-state index contributed by atoms with van der Waals surface area (Å²) < 4.78 is 13.5. The van der Waals surface area contributed by atoms with E-state index in [0.29, 0.717) is 0 Å². The molecule has 0 aromatic carbocycles. The molecule has 5 heteroatoms. The molecule has 0 N–H and O–H groups in total. The van der Waals surface area contributed by atoms with Crippen LogP contribution in [0.4, 0.5) is 0 Å². The molecule has 0 amide bonds. The largest absolute Gasteiger partial charge is 0.242 e. The smallest absolute Gasteiger partial charge is 0.0998 e. The second kappa shape index (κ2) is 4.52. The van der Waals surface area contributed by atoms with Crippen molar-refractivity contribution in [2.75, 3.05) is 26.7 Å². The van der Waals surface area contributed by atoms with Crippen LogP contribution in [0.25, 0.3) is 0 Å². The molecule has 0 aliphatic carbocycles. The first-order chi connectivity index (χ1) is 5.54. The molecule has 2 nitrogen and oxygen atoms in total. The third-order valence-corrected chi connectivity index (χ3v) is 4.73. The zero-order valence-electron chi connectivity index (χ0n) is 9.33. The summed E-state index contributed by atoms with van der Waals surface area (Å²) >= 11 is 5.34. The van der Waals surface area contributed by atoms with Gasteiger partial charge in [0.15, 0.2) is 0 Å². The van der Waals surface area contributed by atoms with Crippen LogP contribution in [0, 0.1) is 0 Å². The van der Waals surface area contributed by atoms with Crippen LogP contribution in [-0.2, 0) is 22.8 Å². The predicted molar refractivity (Wildman–Crippen MR) is 66.7 cm³/mol. The lowest BCUT2D eigenvalue weighted by molar-refractivity contribution is 0.555. The van der Waals surface area contributed by atoms with Crippen LogP contribution in [-0.4, -0.2) is 39.9 Å². The van der Waals surface area contributed by atoms with Crippen molar-refractivity contribution in [3.8, 4) is 0 Å². The van der Waals surface area contributed by atoms with Crippen molar-refractivity contribution in [2.24, 2.45) is 0 Å². The Morgan fingerprint density at radius 2 is 1.77 bits per heavy atom. The summed E-state index contributed by atoms with van der Waals surface area (Å²) in [4.78, 5) is 0. The van der Waals surface area contributed by atoms with Crippen molar-refractivity contribution < 1.29 is 4.21 Å². The highest BCUT2D eigenvalue weighted by molar-refractivity contribution is 8.14. The second-order valence-electron chi connectivity index (χ2n) is 4.70. The van der Waals surface area contributed by atoms with Crippen molar-refractivity contribution >= 4 is 28.8 Å². The molecule has 80 valence electrons. The van der Waals surface area contributed by atoms with Gasteiger partial charge in [0, 0.05) is 13.3 Å². The highest BCUT2D eigenvalue weighted by Crippen LogP contribution is 2.37. The van der Waals surface area contributed by atoms with E-state index in [0.717, 1.165) is 6.29 Å². The van der Waals surface area contributed by atoms with E-state index in [9.17, 15) is 4.21 Å².